The summed E-state index contributed by atoms with van der Waals surface area (Å²) in [6.07, 6.45) is 3.15. The van der Waals surface area contributed by atoms with Gasteiger partial charge >= 0.3 is 0 Å². The summed E-state index contributed by atoms with van der Waals surface area (Å²) < 4.78 is 5.29. The Morgan fingerprint density at radius 2 is 1.92 bits per heavy atom. The molecule has 2 aliphatic heterocycles. The summed E-state index contributed by atoms with van der Waals surface area (Å²) in [6, 6.07) is 7.23. The van der Waals surface area contributed by atoms with Gasteiger partial charge in [-0.1, -0.05) is 6.07 Å². The molecule has 0 aliphatic carbocycles. The van der Waals surface area contributed by atoms with Crippen molar-refractivity contribution in [3.05, 3.63) is 46.5 Å². The number of carbonyl (C=O) groups excluding carboxylic acids is 2. The lowest BCUT2D eigenvalue weighted by atomic mass is 10.0. The molecular weight excluding hydrogens is 344 g/mol. The topological polar surface area (TPSA) is 53.8 Å². The standard InChI is InChI=1S/C17H18N2O3S2/c20-15(13-3-1-10-22-13)19-9-12-24-17(19)5-7-18(8-6-17)16(21)14-4-2-11-23-14/h1-4,10-11H,5-9,12H2. The van der Waals surface area contributed by atoms with Gasteiger partial charge in [-0.15, -0.1) is 23.1 Å². The predicted octanol–water partition coefficient (Wildman–Crippen LogP) is 3.16. The van der Waals surface area contributed by atoms with E-state index in [1.807, 2.05) is 39.1 Å². The van der Waals surface area contributed by atoms with Crippen LogP contribution in [0.15, 0.2) is 40.3 Å². The Bertz CT molecular complexity index is 719. The van der Waals surface area contributed by atoms with Gasteiger partial charge in [-0.3, -0.25) is 9.59 Å². The maximum absolute atomic E-state index is 12.7. The molecule has 2 saturated heterocycles. The molecule has 24 heavy (non-hydrogen) atoms. The van der Waals surface area contributed by atoms with Gasteiger partial charge in [-0.2, -0.15) is 0 Å². The van der Waals surface area contributed by atoms with Crippen molar-refractivity contribution in [2.75, 3.05) is 25.4 Å². The summed E-state index contributed by atoms with van der Waals surface area (Å²) in [7, 11) is 0. The Hall–Kier alpha value is -1.73. The molecule has 4 rings (SSSR count). The lowest BCUT2D eigenvalue weighted by Gasteiger charge is -2.43. The summed E-state index contributed by atoms with van der Waals surface area (Å²) in [5.74, 6) is 1.40. The van der Waals surface area contributed by atoms with Gasteiger partial charge in [0.2, 0.25) is 0 Å². The molecule has 0 atom stereocenters. The molecule has 4 heterocycles. The van der Waals surface area contributed by atoms with Crippen molar-refractivity contribution in [3.8, 4) is 0 Å². The van der Waals surface area contributed by atoms with E-state index in [1.165, 1.54) is 17.6 Å². The Morgan fingerprint density at radius 3 is 2.58 bits per heavy atom. The molecule has 7 heteroatoms. The number of furan rings is 1. The van der Waals surface area contributed by atoms with Crippen LogP contribution in [0, 0.1) is 0 Å². The second-order valence-corrected chi connectivity index (χ2v) is 8.40. The Kier molecular flexibility index (Phi) is 4.14. The van der Waals surface area contributed by atoms with Gasteiger partial charge in [0.1, 0.15) is 0 Å². The fourth-order valence-electron chi connectivity index (χ4n) is 3.46. The number of nitrogens with zero attached hydrogens (tertiary/aromatic N) is 2. The van der Waals surface area contributed by atoms with Crippen LogP contribution in [-0.4, -0.2) is 51.9 Å². The first-order chi connectivity index (χ1) is 11.7. The third kappa shape index (κ3) is 2.65. The quantitative estimate of drug-likeness (QED) is 0.823. The normalized spacial score (nSPS) is 19.8. The van der Waals surface area contributed by atoms with Crippen LogP contribution in [0.4, 0.5) is 0 Å². The SMILES string of the molecule is O=C(c1cccs1)N1CCC2(CC1)SCCN2C(=O)c1ccco1. The van der Waals surface area contributed by atoms with E-state index in [1.54, 1.807) is 12.1 Å². The first kappa shape index (κ1) is 15.8. The van der Waals surface area contributed by atoms with Crippen molar-refractivity contribution in [2.24, 2.45) is 0 Å². The van der Waals surface area contributed by atoms with E-state index in [0.29, 0.717) is 18.8 Å². The molecule has 126 valence electrons. The number of thiophene rings is 1. The van der Waals surface area contributed by atoms with E-state index < -0.39 is 0 Å². The molecule has 2 aromatic rings. The third-order valence-electron chi connectivity index (χ3n) is 4.72. The monoisotopic (exact) mass is 362 g/mol. The van der Waals surface area contributed by atoms with Crippen LogP contribution in [0.3, 0.4) is 0 Å². The minimum Gasteiger partial charge on any atom is -0.459 e. The fraction of sp³-hybridized carbons (Fsp3) is 0.412. The molecule has 5 nitrogen and oxygen atoms in total. The van der Waals surface area contributed by atoms with Gasteiger partial charge in [0.05, 0.1) is 16.0 Å². The highest BCUT2D eigenvalue weighted by atomic mass is 32.2. The van der Waals surface area contributed by atoms with Crippen molar-refractivity contribution in [1.29, 1.82) is 0 Å². The van der Waals surface area contributed by atoms with Gasteiger partial charge in [0, 0.05) is 25.4 Å². The number of rotatable bonds is 2. The van der Waals surface area contributed by atoms with Crippen LogP contribution in [0.2, 0.25) is 0 Å². The average molecular weight is 362 g/mol. The zero-order valence-corrected chi connectivity index (χ0v) is 14.8. The zero-order valence-electron chi connectivity index (χ0n) is 13.1. The largest absolute Gasteiger partial charge is 0.459 e. The summed E-state index contributed by atoms with van der Waals surface area (Å²) in [6.45, 7) is 2.11. The van der Waals surface area contributed by atoms with Crippen molar-refractivity contribution in [2.45, 2.75) is 17.7 Å². The number of amides is 2. The summed E-state index contributed by atoms with van der Waals surface area (Å²) in [5.41, 5.74) is 0. The van der Waals surface area contributed by atoms with Crippen LogP contribution >= 0.6 is 23.1 Å². The molecule has 2 amide bonds. The molecule has 0 N–H and O–H groups in total. The Labute approximate surface area is 148 Å². The maximum Gasteiger partial charge on any atom is 0.290 e. The molecule has 1 spiro atoms. The van der Waals surface area contributed by atoms with Crippen molar-refractivity contribution in [1.82, 2.24) is 9.80 Å². The van der Waals surface area contributed by atoms with Crippen molar-refractivity contribution >= 4 is 34.9 Å². The zero-order chi connectivity index (χ0) is 16.6. The highest BCUT2D eigenvalue weighted by Gasteiger charge is 2.47. The second-order valence-electron chi connectivity index (χ2n) is 6.00. The number of thioether (sulfide) groups is 1. The molecule has 0 unspecified atom stereocenters. The number of carbonyl (C=O) groups is 2. The van der Waals surface area contributed by atoms with Gasteiger partial charge in [-0.05, 0) is 36.4 Å². The van der Waals surface area contributed by atoms with E-state index >= 15 is 0 Å². The van der Waals surface area contributed by atoms with Gasteiger partial charge in [0.15, 0.2) is 5.76 Å². The number of piperidine rings is 1. The number of hydrogen-bond donors (Lipinski definition) is 0. The van der Waals surface area contributed by atoms with Crippen LogP contribution in [0.25, 0.3) is 0 Å². The molecule has 0 aromatic carbocycles. The molecule has 2 aliphatic rings. The minimum atomic E-state index is -0.198. The van der Waals surface area contributed by atoms with E-state index in [2.05, 4.69) is 0 Å². The van der Waals surface area contributed by atoms with Crippen molar-refractivity contribution < 1.29 is 14.0 Å². The highest BCUT2D eigenvalue weighted by Crippen LogP contribution is 2.44. The summed E-state index contributed by atoms with van der Waals surface area (Å²) >= 11 is 3.32. The summed E-state index contributed by atoms with van der Waals surface area (Å²) in [5, 5.41) is 1.93. The summed E-state index contributed by atoms with van der Waals surface area (Å²) in [4.78, 5) is 29.7. The van der Waals surface area contributed by atoms with E-state index in [4.69, 9.17) is 4.42 Å². The second kappa shape index (κ2) is 6.29. The van der Waals surface area contributed by atoms with Crippen LogP contribution < -0.4 is 0 Å². The van der Waals surface area contributed by atoms with Gasteiger partial charge in [0.25, 0.3) is 11.8 Å². The molecule has 2 aromatic heterocycles. The Balaban J connectivity index is 1.47. The van der Waals surface area contributed by atoms with Crippen molar-refractivity contribution in [3.63, 3.8) is 0 Å². The van der Waals surface area contributed by atoms with Gasteiger partial charge < -0.3 is 14.2 Å². The predicted molar refractivity (Wildman–Crippen MR) is 94.4 cm³/mol. The number of hydrogen-bond acceptors (Lipinski definition) is 5. The first-order valence-electron chi connectivity index (χ1n) is 8.02. The smallest absolute Gasteiger partial charge is 0.290 e. The van der Waals surface area contributed by atoms with Crippen LogP contribution in [-0.2, 0) is 0 Å². The molecule has 0 bridgehead atoms. The first-order valence-corrected chi connectivity index (χ1v) is 9.88. The number of likely N-dealkylation sites (tertiary alicyclic amines) is 1. The third-order valence-corrected chi connectivity index (χ3v) is 7.13. The van der Waals surface area contributed by atoms with Gasteiger partial charge in [-0.25, -0.2) is 0 Å². The van der Waals surface area contributed by atoms with E-state index in [9.17, 15) is 9.59 Å². The lowest BCUT2D eigenvalue weighted by Crippen LogP contribution is -2.53. The highest BCUT2D eigenvalue weighted by molar-refractivity contribution is 8.00. The minimum absolute atomic E-state index is 0.0389. The molecule has 0 radical (unpaired) electrons. The molecule has 2 fully saturated rings. The van der Waals surface area contributed by atoms with E-state index in [0.717, 1.165) is 30.0 Å². The van der Waals surface area contributed by atoms with Crippen LogP contribution in [0.1, 0.15) is 33.1 Å². The molecule has 0 saturated carbocycles. The average Bonchev–Trinajstić information content (AvgIpc) is 3.36. The molecular formula is C17H18N2O3S2. The van der Waals surface area contributed by atoms with E-state index in [-0.39, 0.29) is 16.7 Å². The van der Waals surface area contributed by atoms with Crippen LogP contribution in [0.5, 0.6) is 0 Å². The fourth-order valence-corrected chi connectivity index (χ4v) is 5.60. The lowest BCUT2D eigenvalue weighted by molar-refractivity contribution is 0.0479. The maximum atomic E-state index is 12.7. The Morgan fingerprint density at radius 1 is 1.08 bits per heavy atom.